The first-order chi connectivity index (χ1) is 5.42. The van der Waals surface area contributed by atoms with Crippen LogP contribution in [-0.2, 0) is 0 Å². The number of hydrogen-bond donors (Lipinski definition) is 0. The Morgan fingerprint density at radius 1 is 1.36 bits per heavy atom. The van der Waals surface area contributed by atoms with Crippen molar-refractivity contribution in [3.8, 4) is 0 Å². The van der Waals surface area contributed by atoms with Crippen LogP contribution in [0, 0.1) is 0 Å². The topological polar surface area (TPSA) is 12.4 Å². The fraction of sp³-hybridized carbons (Fsp3) is 0.100. The number of aliphatic imine (C=N–C) groups is 1. The molecule has 1 aliphatic heterocycles. The Balaban J connectivity index is 2.53. The van der Waals surface area contributed by atoms with Gasteiger partial charge in [0.05, 0.1) is 5.69 Å². The molecule has 1 aromatic rings. The number of benzene rings is 1. The monoisotopic (exact) mass is 143 g/mol. The van der Waals surface area contributed by atoms with E-state index >= 15 is 0 Å². The first-order valence-electron chi connectivity index (χ1n) is 3.67. The van der Waals surface area contributed by atoms with Crippen LogP contribution < -0.4 is 0 Å². The Morgan fingerprint density at radius 3 is 3.00 bits per heavy atom. The fourth-order valence-electron chi connectivity index (χ4n) is 1.32. The summed E-state index contributed by atoms with van der Waals surface area (Å²) in [4.78, 5) is 4.26. The van der Waals surface area contributed by atoms with Crippen LogP contribution in [0.25, 0.3) is 0 Å². The summed E-state index contributed by atoms with van der Waals surface area (Å²) < 4.78 is 0. The lowest BCUT2D eigenvalue weighted by Gasteiger charge is -2.00. The van der Waals surface area contributed by atoms with Crippen molar-refractivity contribution in [3.05, 3.63) is 42.5 Å². The van der Waals surface area contributed by atoms with Crippen molar-refractivity contribution in [2.75, 3.05) is 0 Å². The van der Waals surface area contributed by atoms with Crippen molar-refractivity contribution >= 4 is 11.9 Å². The first kappa shape index (κ1) is 6.35. The first-order valence-corrected chi connectivity index (χ1v) is 3.67. The highest BCUT2D eigenvalue weighted by atomic mass is 14.8. The van der Waals surface area contributed by atoms with Crippen LogP contribution in [0.3, 0.4) is 0 Å². The molecule has 0 aromatic heterocycles. The molecule has 0 fully saturated rings. The molecule has 0 spiro atoms. The van der Waals surface area contributed by atoms with Crippen LogP contribution in [0.4, 0.5) is 5.69 Å². The van der Waals surface area contributed by atoms with Crippen LogP contribution in [0.15, 0.2) is 41.9 Å². The van der Waals surface area contributed by atoms with E-state index in [0.29, 0.717) is 5.92 Å². The molecule has 1 heterocycles. The number of hydrogen-bond acceptors (Lipinski definition) is 1. The second kappa shape index (κ2) is 2.35. The maximum atomic E-state index is 4.26. The number of nitrogens with zero attached hydrogens (tertiary/aromatic N) is 1. The number of para-hydroxylation sites is 1. The Hall–Kier alpha value is -1.37. The molecule has 1 aromatic carbocycles. The molecule has 11 heavy (non-hydrogen) atoms. The van der Waals surface area contributed by atoms with E-state index in [4.69, 9.17) is 0 Å². The highest BCUT2D eigenvalue weighted by Crippen LogP contribution is 2.31. The Bertz CT molecular complexity index is 312. The minimum atomic E-state index is 0.325. The predicted molar refractivity (Wildman–Crippen MR) is 47.5 cm³/mol. The molecule has 0 amide bonds. The molecule has 0 radical (unpaired) electrons. The number of rotatable bonds is 1. The average Bonchev–Trinajstić information content (AvgIpc) is 2.47. The highest BCUT2D eigenvalue weighted by molar-refractivity contribution is 5.82. The largest absolute Gasteiger partial charge is 0.260 e. The Morgan fingerprint density at radius 2 is 2.18 bits per heavy atom. The summed E-state index contributed by atoms with van der Waals surface area (Å²) in [5, 5.41) is 0. The number of fused-ring (bicyclic) bond motifs is 1. The molecule has 2 rings (SSSR count). The van der Waals surface area contributed by atoms with E-state index in [-0.39, 0.29) is 0 Å². The van der Waals surface area contributed by atoms with Gasteiger partial charge in [-0.2, -0.15) is 0 Å². The quantitative estimate of drug-likeness (QED) is 0.536. The van der Waals surface area contributed by atoms with Gasteiger partial charge in [-0.25, -0.2) is 0 Å². The van der Waals surface area contributed by atoms with Crippen LogP contribution in [0.1, 0.15) is 11.5 Å². The third-order valence-electron chi connectivity index (χ3n) is 1.92. The third-order valence-corrected chi connectivity index (χ3v) is 1.92. The van der Waals surface area contributed by atoms with Gasteiger partial charge in [0.1, 0.15) is 0 Å². The van der Waals surface area contributed by atoms with Gasteiger partial charge in [0.15, 0.2) is 0 Å². The molecule has 1 nitrogen and oxygen atoms in total. The van der Waals surface area contributed by atoms with Crippen LogP contribution in [-0.4, -0.2) is 6.21 Å². The smallest absolute Gasteiger partial charge is 0.0667 e. The predicted octanol–water partition coefficient (Wildman–Crippen LogP) is 2.67. The van der Waals surface area contributed by atoms with Crippen molar-refractivity contribution in [2.24, 2.45) is 4.99 Å². The SMILES string of the molecule is C=CC1C=Nc2ccccc21. The van der Waals surface area contributed by atoms with Gasteiger partial charge in [-0.3, -0.25) is 4.99 Å². The molecule has 1 heteroatoms. The molecule has 1 aliphatic rings. The number of allylic oxidation sites excluding steroid dienone is 1. The zero-order chi connectivity index (χ0) is 7.68. The molecule has 1 unspecified atom stereocenters. The molecular formula is C10H9N. The van der Waals surface area contributed by atoms with Gasteiger partial charge in [0, 0.05) is 12.1 Å². The van der Waals surface area contributed by atoms with Crippen molar-refractivity contribution in [2.45, 2.75) is 5.92 Å². The van der Waals surface area contributed by atoms with Gasteiger partial charge in [0.2, 0.25) is 0 Å². The zero-order valence-electron chi connectivity index (χ0n) is 6.20. The molecule has 0 bridgehead atoms. The molecule has 0 aliphatic carbocycles. The van der Waals surface area contributed by atoms with E-state index < -0.39 is 0 Å². The summed E-state index contributed by atoms with van der Waals surface area (Å²) in [7, 11) is 0. The van der Waals surface area contributed by atoms with Gasteiger partial charge in [-0.05, 0) is 11.6 Å². The van der Waals surface area contributed by atoms with Gasteiger partial charge >= 0.3 is 0 Å². The minimum absolute atomic E-state index is 0.325. The Labute approximate surface area is 66.1 Å². The van der Waals surface area contributed by atoms with E-state index in [9.17, 15) is 0 Å². The maximum absolute atomic E-state index is 4.26. The van der Waals surface area contributed by atoms with Crippen LogP contribution in [0.2, 0.25) is 0 Å². The zero-order valence-corrected chi connectivity index (χ0v) is 6.20. The van der Waals surface area contributed by atoms with Crippen LogP contribution in [0.5, 0.6) is 0 Å². The van der Waals surface area contributed by atoms with Crippen molar-refractivity contribution in [1.29, 1.82) is 0 Å². The van der Waals surface area contributed by atoms with E-state index in [1.807, 2.05) is 30.5 Å². The molecule has 54 valence electrons. The molecule has 0 saturated carbocycles. The van der Waals surface area contributed by atoms with Gasteiger partial charge in [0.25, 0.3) is 0 Å². The lowest BCUT2D eigenvalue weighted by atomic mass is 10.0. The van der Waals surface area contributed by atoms with Gasteiger partial charge in [-0.15, -0.1) is 6.58 Å². The lowest BCUT2D eigenvalue weighted by molar-refractivity contribution is 1.22. The van der Waals surface area contributed by atoms with Crippen molar-refractivity contribution in [3.63, 3.8) is 0 Å². The fourth-order valence-corrected chi connectivity index (χ4v) is 1.32. The van der Waals surface area contributed by atoms with Crippen molar-refractivity contribution < 1.29 is 0 Å². The highest BCUT2D eigenvalue weighted by Gasteiger charge is 2.13. The lowest BCUT2D eigenvalue weighted by Crippen LogP contribution is -1.88. The summed E-state index contributed by atoms with van der Waals surface area (Å²) >= 11 is 0. The van der Waals surface area contributed by atoms with Gasteiger partial charge in [-0.1, -0.05) is 24.3 Å². The summed E-state index contributed by atoms with van der Waals surface area (Å²) in [6.07, 6.45) is 3.84. The van der Waals surface area contributed by atoms with E-state index in [0.717, 1.165) is 5.69 Å². The van der Waals surface area contributed by atoms with E-state index in [2.05, 4.69) is 17.6 Å². The molecular weight excluding hydrogens is 134 g/mol. The van der Waals surface area contributed by atoms with Crippen LogP contribution >= 0.6 is 0 Å². The second-order valence-corrected chi connectivity index (χ2v) is 2.60. The van der Waals surface area contributed by atoms with Gasteiger partial charge < -0.3 is 0 Å². The average molecular weight is 143 g/mol. The maximum Gasteiger partial charge on any atom is 0.0667 e. The summed E-state index contributed by atoms with van der Waals surface area (Å²) in [6, 6.07) is 8.15. The second-order valence-electron chi connectivity index (χ2n) is 2.60. The molecule has 0 saturated heterocycles. The molecule has 1 atom stereocenters. The van der Waals surface area contributed by atoms with Crippen molar-refractivity contribution in [1.82, 2.24) is 0 Å². The summed E-state index contributed by atoms with van der Waals surface area (Å²) in [5.74, 6) is 0.325. The molecule has 0 N–H and O–H groups in total. The normalized spacial score (nSPS) is 19.8. The van der Waals surface area contributed by atoms with E-state index in [1.165, 1.54) is 5.56 Å². The third kappa shape index (κ3) is 0.891. The Kier molecular flexibility index (Phi) is 1.35. The summed E-state index contributed by atoms with van der Waals surface area (Å²) in [6.45, 7) is 3.75. The minimum Gasteiger partial charge on any atom is -0.260 e. The van der Waals surface area contributed by atoms with E-state index in [1.54, 1.807) is 0 Å². The summed E-state index contributed by atoms with van der Waals surface area (Å²) in [5.41, 5.74) is 2.35. The standard InChI is InChI=1S/C10H9N/c1-2-8-7-11-10-6-4-3-5-9(8)10/h2-8H,1H2.